The lowest BCUT2D eigenvalue weighted by Crippen LogP contribution is -2.06. The highest BCUT2D eigenvalue weighted by Crippen LogP contribution is 2.28. The number of halogens is 1. The smallest absolute Gasteiger partial charge is 0.338 e. The van der Waals surface area contributed by atoms with Crippen molar-refractivity contribution >= 4 is 45.3 Å². The van der Waals surface area contributed by atoms with Crippen LogP contribution in [0.4, 0.5) is 0 Å². The van der Waals surface area contributed by atoms with Crippen LogP contribution in [0.15, 0.2) is 146 Å². The number of aliphatic hydroxyl groups is 1. The lowest BCUT2D eigenvalue weighted by molar-refractivity contribution is 0.0463. The van der Waals surface area contributed by atoms with E-state index in [1.54, 1.807) is 12.1 Å². The van der Waals surface area contributed by atoms with Crippen molar-refractivity contribution in [1.82, 2.24) is 0 Å². The number of carbonyl (C=O) groups is 2. The largest absolute Gasteiger partial charge is 0.494 e. The first-order chi connectivity index (χ1) is 54.5. The van der Waals surface area contributed by atoms with Crippen LogP contribution in [0.2, 0.25) is 0 Å². The molecule has 0 radical (unpaired) electrons. The fourth-order valence-electron chi connectivity index (χ4n) is 14.5. The highest BCUT2D eigenvalue weighted by molar-refractivity contribution is 14.1. The average Bonchev–Trinajstić information content (AvgIpc) is 0.818. The van der Waals surface area contributed by atoms with E-state index in [1.165, 1.54) is 300 Å². The molecule has 0 saturated carbocycles. The molecule has 0 aliphatic carbocycles. The number of fused-ring (bicyclic) bond motifs is 1. The summed E-state index contributed by atoms with van der Waals surface area (Å²) in [5, 5.41) is 11.6. The standard InChI is InChI=1S/C43H56O3.C33H49IO3.C26H46O2/c1-3-4-5-6-7-8-9-10-11-12-13-14-15-16-17-20-31-45-42-30-29-41(35(2)32-42)34-46-43(44)38-26-23-37(24-27-38)40-28-25-36-21-18-19-22-39(36)33-40;1-3-4-5-6-7-8-9-10-11-12-13-14-15-16-17-18-25-36-32-24-21-30(28(2)26-32)27-37-33(35)29-19-22-31(34)23-20-29;1-3-4-5-6-7-8-9-10-11-12-13-14-15-16-17-18-21-28-26-20-19-25(23-27)24(2)22-26/h18-19,21-30,32-33H,3-17,20,31,34H2,1-2H3;19-24,26H,3-18,25,27H2,1-2H3;19-20,22,27H,3-18,21,23H2,1-2H3. The average molecular weight is 1630 g/mol. The molecule has 0 fully saturated rings. The summed E-state index contributed by atoms with van der Waals surface area (Å²) in [6, 6.07) is 47.8. The van der Waals surface area contributed by atoms with E-state index in [1.807, 2.05) is 112 Å². The monoisotopic (exact) mass is 1630 g/mol. The Morgan fingerprint density at radius 1 is 0.288 bits per heavy atom. The van der Waals surface area contributed by atoms with Crippen LogP contribution in [0, 0.1) is 24.3 Å². The first kappa shape index (κ1) is 95.4. The zero-order chi connectivity index (χ0) is 79.1. The van der Waals surface area contributed by atoms with Crippen LogP contribution < -0.4 is 14.2 Å². The second kappa shape index (κ2) is 64.1. The zero-order valence-corrected chi connectivity index (χ0v) is 72.9. The normalized spacial score (nSPS) is 11.1. The second-order valence-corrected chi connectivity index (χ2v) is 32.9. The van der Waals surface area contributed by atoms with E-state index < -0.39 is 0 Å². The maximum absolute atomic E-state index is 12.8. The molecule has 0 aliphatic heterocycles. The molecule has 1 N–H and O–H groups in total. The van der Waals surface area contributed by atoms with Gasteiger partial charge in [0.2, 0.25) is 0 Å². The Balaban J connectivity index is 0.000000308. The molecule has 0 amide bonds. The van der Waals surface area contributed by atoms with E-state index in [0.717, 1.165) is 104 Å². The van der Waals surface area contributed by atoms with Crippen molar-refractivity contribution in [2.45, 2.75) is 370 Å². The maximum atomic E-state index is 12.8. The summed E-state index contributed by atoms with van der Waals surface area (Å²) >= 11 is 2.22. The number of rotatable bonds is 62. The molecule has 0 heterocycles. The summed E-state index contributed by atoms with van der Waals surface area (Å²) in [6.45, 7) is 15.9. The third-order valence-electron chi connectivity index (χ3n) is 21.9. The molecular formula is C102H151IO8. The van der Waals surface area contributed by atoms with Crippen LogP contribution in [0.25, 0.3) is 21.9 Å². The second-order valence-electron chi connectivity index (χ2n) is 31.7. The summed E-state index contributed by atoms with van der Waals surface area (Å²) in [4.78, 5) is 25.0. The minimum Gasteiger partial charge on any atom is -0.494 e. The maximum Gasteiger partial charge on any atom is 0.338 e. The first-order valence-corrected chi connectivity index (χ1v) is 46.1. The molecule has 0 bridgehead atoms. The van der Waals surface area contributed by atoms with Gasteiger partial charge in [-0.05, 0) is 197 Å². The molecule has 0 aliphatic rings. The number of ether oxygens (including phenoxy) is 5. The van der Waals surface area contributed by atoms with Gasteiger partial charge in [0, 0.05) is 3.57 Å². The molecule has 7 aromatic carbocycles. The molecule has 614 valence electrons. The third-order valence-corrected chi connectivity index (χ3v) is 22.6. The van der Waals surface area contributed by atoms with E-state index in [4.69, 9.17) is 23.7 Å². The molecule has 9 heteroatoms. The van der Waals surface area contributed by atoms with Crippen LogP contribution in [0.3, 0.4) is 0 Å². The van der Waals surface area contributed by atoms with Crippen molar-refractivity contribution in [3.63, 3.8) is 0 Å². The summed E-state index contributed by atoms with van der Waals surface area (Å²) in [6.07, 6.45) is 66.3. The van der Waals surface area contributed by atoms with E-state index >= 15 is 0 Å². The van der Waals surface area contributed by atoms with Gasteiger partial charge in [0.25, 0.3) is 0 Å². The Kier molecular flexibility index (Phi) is 55.1. The van der Waals surface area contributed by atoms with E-state index in [0.29, 0.717) is 11.1 Å². The molecular weight excluding hydrogens is 1480 g/mol. The van der Waals surface area contributed by atoms with Gasteiger partial charge in [-0.25, -0.2) is 9.59 Å². The fourth-order valence-corrected chi connectivity index (χ4v) is 14.9. The van der Waals surface area contributed by atoms with Gasteiger partial charge in [-0.3, -0.25) is 0 Å². The van der Waals surface area contributed by atoms with Crippen molar-refractivity contribution in [2.75, 3.05) is 19.8 Å². The molecule has 0 saturated heterocycles. The van der Waals surface area contributed by atoms with Gasteiger partial charge in [-0.2, -0.15) is 0 Å². The van der Waals surface area contributed by atoms with E-state index in [9.17, 15) is 14.7 Å². The zero-order valence-electron chi connectivity index (χ0n) is 70.7. The number of unbranched alkanes of at least 4 members (excludes halogenated alkanes) is 45. The van der Waals surface area contributed by atoms with Crippen molar-refractivity contribution in [3.05, 3.63) is 194 Å². The van der Waals surface area contributed by atoms with E-state index in [2.05, 4.69) is 85.8 Å². The Hall–Kier alpha value is -6.17. The molecule has 7 rings (SSSR count). The molecule has 8 nitrogen and oxygen atoms in total. The summed E-state index contributed by atoms with van der Waals surface area (Å²) < 4.78 is 30.0. The van der Waals surface area contributed by atoms with Crippen molar-refractivity contribution in [1.29, 1.82) is 0 Å². The molecule has 0 atom stereocenters. The van der Waals surface area contributed by atoms with Gasteiger partial charge >= 0.3 is 11.9 Å². The third kappa shape index (κ3) is 45.5. The van der Waals surface area contributed by atoms with E-state index in [-0.39, 0.29) is 31.8 Å². The summed E-state index contributed by atoms with van der Waals surface area (Å²) in [5.74, 6) is 2.10. The predicted octanol–water partition coefficient (Wildman–Crippen LogP) is 31.5. The predicted molar refractivity (Wildman–Crippen MR) is 481 cm³/mol. The Morgan fingerprint density at radius 2 is 0.559 bits per heavy atom. The Morgan fingerprint density at radius 3 is 0.856 bits per heavy atom. The lowest BCUT2D eigenvalue weighted by atomic mass is 10.0. The minimum absolute atomic E-state index is 0.102. The molecule has 111 heavy (non-hydrogen) atoms. The highest BCUT2D eigenvalue weighted by Gasteiger charge is 2.13. The lowest BCUT2D eigenvalue weighted by Gasteiger charge is -2.11. The molecule has 7 aromatic rings. The van der Waals surface area contributed by atoms with Crippen LogP contribution in [0.5, 0.6) is 17.2 Å². The molecule has 0 unspecified atom stereocenters. The topological polar surface area (TPSA) is 101 Å². The van der Waals surface area contributed by atoms with Crippen molar-refractivity contribution in [3.8, 4) is 28.4 Å². The number of aryl methyl sites for hydroxylation is 3. The molecule has 0 spiro atoms. The number of benzene rings is 7. The fraction of sp³-hybridized carbons (Fsp3) is 0.588. The van der Waals surface area contributed by atoms with Crippen LogP contribution in [-0.2, 0) is 29.3 Å². The Labute approximate surface area is 690 Å². The van der Waals surface area contributed by atoms with Crippen LogP contribution in [0.1, 0.15) is 383 Å². The van der Waals surface area contributed by atoms with Crippen LogP contribution >= 0.6 is 22.6 Å². The van der Waals surface area contributed by atoms with Crippen molar-refractivity contribution < 1.29 is 38.4 Å². The van der Waals surface area contributed by atoms with Crippen LogP contribution in [-0.4, -0.2) is 36.9 Å². The quantitative estimate of drug-likeness (QED) is 0.0229. The first-order valence-electron chi connectivity index (χ1n) is 45.0. The van der Waals surface area contributed by atoms with Gasteiger partial charge in [0.1, 0.15) is 30.5 Å². The minimum atomic E-state index is -0.312. The van der Waals surface area contributed by atoms with Gasteiger partial charge < -0.3 is 28.8 Å². The SMILES string of the molecule is CCCCCCCCCCCCCCCCCCOc1ccc(CO)c(C)c1.CCCCCCCCCCCCCCCCCCOc1ccc(COC(=O)c2ccc(-c3ccc4ccccc4c3)cc2)c(C)c1.CCCCCCCCCCCCCCCCCCOc1ccc(COC(=O)c2ccc(I)cc2)c(C)c1. The highest BCUT2D eigenvalue weighted by atomic mass is 127. The number of carbonyl (C=O) groups excluding carboxylic acids is 2. The summed E-state index contributed by atoms with van der Waals surface area (Å²) in [7, 11) is 0. The number of hydrogen-bond donors (Lipinski definition) is 1. The van der Waals surface area contributed by atoms with Crippen molar-refractivity contribution in [2.24, 2.45) is 0 Å². The number of aliphatic hydroxyl groups excluding tert-OH is 1. The Bertz CT molecular complexity index is 3450. The number of esters is 2. The number of hydrogen-bond acceptors (Lipinski definition) is 8. The molecule has 0 aromatic heterocycles. The summed E-state index contributed by atoms with van der Waals surface area (Å²) in [5.41, 5.74) is 9.59. The van der Waals surface area contributed by atoms with Gasteiger partial charge in [0.15, 0.2) is 0 Å². The van der Waals surface area contributed by atoms with Gasteiger partial charge in [0.05, 0.1) is 37.6 Å². The van der Waals surface area contributed by atoms with Gasteiger partial charge in [-0.15, -0.1) is 0 Å². The van der Waals surface area contributed by atoms with Gasteiger partial charge in [-0.1, -0.05) is 376 Å².